The molecule has 0 heterocycles. The Hall–Kier alpha value is -0.570. The van der Waals surface area contributed by atoms with Gasteiger partial charge in [-0.3, -0.25) is 4.79 Å². The van der Waals surface area contributed by atoms with Crippen molar-refractivity contribution in [2.45, 2.75) is 137 Å². The van der Waals surface area contributed by atoms with Gasteiger partial charge < -0.3 is 9.84 Å². The molecule has 0 radical (unpaired) electrons. The smallest absolute Gasteiger partial charge is 0.302 e. The number of esters is 1. The standard InChI is InChI=1S/C31H54O3/c1-8-23(20(2)3)10-9-21(4)31(33)18-15-28-26-12-11-24-19-25(34-22(5)32)13-16-29(24,6)27(26)14-17-30(28,31)7/h20-21,23-28,33H,8-19H2,1-7H3/t21-,23-,24+,25+,26-,27+,28+,29+,30+,31+/m1/s1. The Labute approximate surface area is 210 Å². The number of hydrogen-bond donors (Lipinski definition) is 1. The SMILES string of the molecule is CC[C@H](CC[C@@H](C)[C@@]1(O)CC[C@H]2[C@@H]3CC[C@H]4C[C@@H](OC(C)=O)CC[C@]4(C)[C@H]3CC[C@@]21C)C(C)C. The fourth-order valence-corrected chi connectivity index (χ4v) is 10.1. The van der Waals surface area contributed by atoms with Crippen LogP contribution in [-0.2, 0) is 9.53 Å². The molecule has 0 aromatic heterocycles. The fraction of sp³-hybridized carbons (Fsp3) is 0.968. The van der Waals surface area contributed by atoms with Crippen molar-refractivity contribution in [2.24, 2.45) is 52.3 Å². The van der Waals surface area contributed by atoms with Gasteiger partial charge in [0.25, 0.3) is 0 Å². The molecule has 34 heavy (non-hydrogen) atoms. The van der Waals surface area contributed by atoms with Crippen LogP contribution in [0.2, 0.25) is 0 Å². The average Bonchev–Trinajstić information content (AvgIpc) is 3.05. The zero-order chi connectivity index (χ0) is 24.9. The highest BCUT2D eigenvalue weighted by Crippen LogP contribution is 2.69. The molecule has 0 amide bonds. The molecule has 196 valence electrons. The largest absolute Gasteiger partial charge is 0.463 e. The molecule has 1 N–H and O–H groups in total. The number of aliphatic hydroxyl groups is 1. The molecule has 4 fully saturated rings. The molecule has 4 aliphatic rings. The third-order valence-electron chi connectivity index (χ3n) is 12.4. The third-order valence-corrected chi connectivity index (χ3v) is 12.4. The topological polar surface area (TPSA) is 46.5 Å². The first kappa shape index (κ1) is 26.5. The van der Waals surface area contributed by atoms with E-state index in [1.54, 1.807) is 6.92 Å². The Morgan fingerprint density at radius 1 is 0.971 bits per heavy atom. The van der Waals surface area contributed by atoms with Crippen LogP contribution in [0.25, 0.3) is 0 Å². The molecule has 3 heteroatoms. The Balaban J connectivity index is 1.47. The summed E-state index contributed by atoms with van der Waals surface area (Å²) in [4.78, 5) is 11.5. The summed E-state index contributed by atoms with van der Waals surface area (Å²) in [6, 6.07) is 0. The summed E-state index contributed by atoms with van der Waals surface area (Å²) in [7, 11) is 0. The molecular formula is C31H54O3. The van der Waals surface area contributed by atoms with Crippen LogP contribution in [0.3, 0.4) is 0 Å². The van der Waals surface area contributed by atoms with Crippen molar-refractivity contribution in [3.05, 3.63) is 0 Å². The van der Waals surface area contributed by atoms with Gasteiger partial charge in [-0.25, -0.2) is 0 Å². The predicted octanol–water partition coefficient (Wildman–Crippen LogP) is 7.79. The van der Waals surface area contributed by atoms with E-state index in [-0.39, 0.29) is 17.5 Å². The van der Waals surface area contributed by atoms with Crippen LogP contribution in [0.15, 0.2) is 0 Å². The summed E-state index contributed by atoms with van der Waals surface area (Å²) in [5, 5.41) is 12.3. The van der Waals surface area contributed by atoms with E-state index in [4.69, 9.17) is 4.74 Å². The first-order valence-electron chi connectivity index (χ1n) is 14.9. The lowest BCUT2D eigenvalue weighted by Crippen LogP contribution is -2.58. The van der Waals surface area contributed by atoms with Gasteiger partial charge in [-0.2, -0.15) is 0 Å². The summed E-state index contributed by atoms with van der Waals surface area (Å²) >= 11 is 0. The minimum Gasteiger partial charge on any atom is -0.463 e. The minimum atomic E-state index is -0.497. The lowest BCUT2D eigenvalue weighted by atomic mass is 9.44. The Morgan fingerprint density at radius 2 is 1.68 bits per heavy atom. The van der Waals surface area contributed by atoms with E-state index in [1.807, 2.05) is 0 Å². The number of ether oxygens (including phenoxy) is 1. The molecular weight excluding hydrogens is 420 g/mol. The third kappa shape index (κ3) is 4.28. The van der Waals surface area contributed by atoms with Crippen LogP contribution in [0.1, 0.15) is 126 Å². The zero-order valence-corrected chi connectivity index (χ0v) is 23.4. The van der Waals surface area contributed by atoms with Crippen LogP contribution in [0, 0.1) is 52.3 Å². The number of hydrogen-bond acceptors (Lipinski definition) is 3. The normalized spacial score (nSPS) is 45.7. The van der Waals surface area contributed by atoms with Gasteiger partial charge in [0.1, 0.15) is 6.10 Å². The Kier molecular flexibility index (Phi) is 7.57. The van der Waals surface area contributed by atoms with Crippen molar-refractivity contribution in [1.82, 2.24) is 0 Å². The van der Waals surface area contributed by atoms with Crippen molar-refractivity contribution in [1.29, 1.82) is 0 Å². The molecule has 0 saturated heterocycles. The Bertz CT molecular complexity index is 732. The maximum absolute atomic E-state index is 12.3. The second-order valence-electron chi connectivity index (χ2n) is 14.0. The minimum absolute atomic E-state index is 0.0747. The fourth-order valence-electron chi connectivity index (χ4n) is 10.1. The second kappa shape index (κ2) is 9.71. The van der Waals surface area contributed by atoms with Crippen LogP contribution >= 0.6 is 0 Å². The van der Waals surface area contributed by atoms with Crippen LogP contribution < -0.4 is 0 Å². The molecule has 0 unspecified atom stereocenters. The van der Waals surface area contributed by atoms with E-state index in [0.717, 1.165) is 42.9 Å². The zero-order valence-electron chi connectivity index (χ0n) is 23.4. The maximum Gasteiger partial charge on any atom is 0.302 e. The van der Waals surface area contributed by atoms with E-state index in [2.05, 4.69) is 41.5 Å². The lowest BCUT2D eigenvalue weighted by Gasteiger charge is -2.62. The summed E-state index contributed by atoms with van der Waals surface area (Å²) in [5.41, 5.74) is -0.0350. The number of carbonyl (C=O) groups is 1. The van der Waals surface area contributed by atoms with Gasteiger partial charge in [-0.05, 0) is 123 Å². The van der Waals surface area contributed by atoms with E-state index in [0.29, 0.717) is 23.2 Å². The van der Waals surface area contributed by atoms with Crippen LogP contribution in [0.5, 0.6) is 0 Å². The monoisotopic (exact) mass is 474 g/mol. The number of rotatable bonds is 7. The predicted molar refractivity (Wildman–Crippen MR) is 139 cm³/mol. The number of carbonyl (C=O) groups excluding carboxylic acids is 1. The Morgan fingerprint density at radius 3 is 2.32 bits per heavy atom. The molecule has 4 rings (SSSR count). The van der Waals surface area contributed by atoms with Crippen molar-refractivity contribution in [2.75, 3.05) is 0 Å². The van der Waals surface area contributed by atoms with Crippen molar-refractivity contribution in [3.8, 4) is 0 Å². The highest BCUT2D eigenvalue weighted by molar-refractivity contribution is 5.66. The molecule has 10 atom stereocenters. The summed E-state index contributed by atoms with van der Waals surface area (Å²) in [6.07, 6.45) is 14.4. The van der Waals surface area contributed by atoms with E-state index in [1.165, 1.54) is 57.8 Å². The van der Waals surface area contributed by atoms with E-state index >= 15 is 0 Å². The molecule has 3 nitrogen and oxygen atoms in total. The first-order valence-corrected chi connectivity index (χ1v) is 14.9. The van der Waals surface area contributed by atoms with Gasteiger partial charge in [0, 0.05) is 6.92 Å². The second-order valence-corrected chi connectivity index (χ2v) is 14.0. The molecule has 4 saturated carbocycles. The van der Waals surface area contributed by atoms with Crippen LogP contribution in [-0.4, -0.2) is 22.8 Å². The lowest BCUT2D eigenvalue weighted by molar-refractivity contribution is -0.178. The molecule has 0 bridgehead atoms. The highest BCUT2D eigenvalue weighted by Gasteiger charge is 2.65. The van der Waals surface area contributed by atoms with E-state index < -0.39 is 5.60 Å². The van der Waals surface area contributed by atoms with Gasteiger partial charge in [0.05, 0.1) is 5.60 Å². The van der Waals surface area contributed by atoms with Crippen LogP contribution in [0.4, 0.5) is 0 Å². The summed E-state index contributed by atoms with van der Waals surface area (Å²) in [6.45, 7) is 16.0. The number of fused-ring (bicyclic) bond motifs is 5. The van der Waals surface area contributed by atoms with E-state index in [9.17, 15) is 9.90 Å². The first-order chi connectivity index (χ1) is 16.0. The highest BCUT2D eigenvalue weighted by atomic mass is 16.5. The van der Waals surface area contributed by atoms with Gasteiger partial charge in [-0.1, -0.05) is 48.0 Å². The van der Waals surface area contributed by atoms with Crippen molar-refractivity contribution in [3.63, 3.8) is 0 Å². The quantitative estimate of drug-likeness (QED) is 0.383. The molecule has 0 aliphatic heterocycles. The molecule has 0 aromatic carbocycles. The van der Waals surface area contributed by atoms with Gasteiger partial charge >= 0.3 is 5.97 Å². The van der Waals surface area contributed by atoms with Crippen molar-refractivity contribution >= 4 is 5.97 Å². The van der Waals surface area contributed by atoms with Crippen molar-refractivity contribution < 1.29 is 14.6 Å². The van der Waals surface area contributed by atoms with Gasteiger partial charge in [0.15, 0.2) is 0 Å². The maximum atomic E-state index is 12.3. The molecule has 0 spiro atoms. The van der Waals surface area contributed by atoms with Gasteiger partial charge in [-0.15, -0.1) is 0 Å². The summed E-state index contributed by atoms with van der Waals surface area (Å²) in [5.74, 6) is 4.71. The van der Waals surface area contributed by atoms with Gasteiger partial charge in [0.2, 0.25) is 0 Å². The molecule has 0 aromatic rings. The summed E-state index contributed by atoms with van der Waals surface area (Å²) < 4.78 is 5.65. The average molecular weight is 475 g/mol. The molecule has 4 aliphatic carbocycles.